The number of aliphatic hydroxyl groups is 1. The maximum Gasteiger partial charge on any atom is 0.338 e. The second kappa shape index (κ2) is 10.4. The Bertz CT molecular complexity index is 1380. The van der Waals surface area contributed by atoms with Crippen molar-refractivity contribution < 1.29 is 29.3 Å². The Labute approximate surface area is 216 Å². The molecule has 1 heterocycles. The van der Waals surface area contributed by atoms with E-state index in [1.807, 2.05) is 13.8 Å². The van der Waals surface area contributed by atoms with E-state index in [0.717, 1.165) is 10.0 Å². The van der Waals surface area contributed by atoms with Gasteiger partial charge >= 0.3 is 5.97 Å². The van der Waals surface area contributed by atoms with E-state index in [1.54, 1.807) is 48.5 Å². The molecule has 184 valence electrons. The summed E-state index contributed by atoms with van der Waals surface area (Å²) < 4.78 is 6.05. The molecule has 3 aromatic carbocycles. The number of phenolic OH excluding ortho intramolecular Hbond substituents is 1. The second-order valence-corrected chi connectivity index (χ2v) is 9.27. The summed E-state index contributed by atoms with van der Waals surface area (Å²) in [6.45, 7) is 3.99. The Morgan fingerprint density at radius 1 is 1.03 bits per heavy atom. The lowest BCUT2D eigenvalue weighted by molar-refractivity contribution is -0.132. The number of rotatable bonds is 6. The predicted octanol–water partition coefficient (Wildman–Crippen LogP) is 5.66. The molecule has 0 spiro atoms. The number of halogens is 1. The number of hydrogen-bond donors (Lipinski definition) is 2. The van der Waals surface area contributed by atoms with Crippen molar-refractivity contribution in [2.45, 2.75) is 26.3 Å². The van der Waals surface area contributed by atoms with Gasteiger partial charge in [0.1, 0.15) is 11.5 Å². The van der Waals surface area contributed by atoms with Crippen molar-refractivity contribution in [3.8, 4) is 5.75 Å². The van der Waals surface area contributed by atoms with Crippen molar-refractivity contribution in [2.24, 2.45) is 0 Å². The van der Waals surface area contributed by atoms with Crippen LogP contribution in [0.4, 0.5) is 5.69 Å². The zero-order valence-electron chi connectivity index (χ0n) is 19.7. The third-order valence-corrected chi connectivity index (χ3v) is 6.77. The standard InChI is InChI=1S/C28H24BrNO6/c1-3-13-36-28(35)19-5-4-6-20(15-19)30-24(17-7-10-21(31)11-8-17)23(26(33)27(30)34)25(32)18-9-12-22(29)16(2)14-18/h4-12,14-15,24,31-32H,3,13H2,1-2H3/b25-23+. The van der Waals surface area contributed by atoms with Crippen molar-refractivity contribution >= 4 is 45.0 Å². The van der Waals surface area contributed by atoms with E-state index in [4.69, 9.17) is 4.74 Å². The number of carbonyl (C=O) groups is 3. The molecule has 36 heavy (non-hydrogen) atoms. The lowest BCUT2D eigenvalue weighted by Crippen LogP contribution is -2.29. The van der Waals surface area contributed by atoms with Crippen LogP contribution in [0.5, 0.6) is 5.75 Å². The van der Waals surface area contributed by atoms with Crippen molar-refractivity contribution in [2.75, 3.05) is 11.5 Å². The lowest BCUT2D eigenvalue weighted by atomic mass is 9.94. The minimum absolute atomic E-state index is 0.0138. The van der Waals surface area contributed by atoms with Crippen molar-refractivity contribution in [1.82, 2.24) is 0 Å². The molecule has 1 aliphatic heterocycles. The molecule has 0 bridgehead atoms. The number of carbonyl (C=O) groups excluding carboxylic acids is 3. The third kappa shape index (κ3) is 4.77. The van der Waals surface area contributed by atoms with E-state index in [1.165, 1.54) is 23.1 Å². The molecule has 1 amide bonds. The van der Waals surface area contributed by atoms with Crippen LogP contribution in [0.3, 0.4) is 0 Å². The molecule has 2 N–H and O–H groups in total. The first-order valence-corrected chi connectivity index (χ1v) is 12.2. The van der Waals surface area contributed by atoms with E-state index in [-0.39, 0.29) is 29.3 Å². The van der Waals surface area contributed by atoms with Gasteiger partial charge in [-0.15, -0.1) is 0 Å². The van der Waals surface area contributed by atoms with Crippen molar-refractivity contribution in [3.05, 3.63) is 99.0 Å². The summed E-state index contributed by atoms with van der Waals surface area (Å²) in [5.41, 5.74) is 2.16. The number of benzene rings is 3. The number of phenols is 1. The van der Waals surface area contributed by atoms with Gasteiger partial charge in [0.25, 0.3) is 11.7 Å². The first kappa shape index (κ1) is 25.2. The highest BCUT2D eigenvalue weighted by Crippen LogP contribution is 2.42. The normalized spacial score (nSPS) is 16.9. The third-order valence-electron chi connectivity index (χ3n) is 5.88. The van der Waals surface area contributed by atoms with Crippen LogP contribution in [-0.4, -0.2) is 34.5 Å². The quantitative estimate of drug-likeness (QED) is 0.178. The summed E-state index contributed by atoms with van der Waals surface area (Å²) in [7, 11) is 0. The Morgan fingerprint density at radius 3 is 2.42 bits per heavy atom. The molecule has 4 rings (SSSR count). The number of hydrogen-bond acceptors (Lipinski definition) is 6. The van der Waals surface area contributed by atoms with Crippen molar-refractivity contribution in [1.29, 1.82) is 0 Å². The van der Waals surface area contributed by atoms with Crippen molar-refractivity contribution in [3.63, 3.8) is 0 Å². The van der Waals surface area contributed by atoms with Gasteiger partial charge in [-0.2, -0.15) is 0 Å². The highest BCUT2D eigenvalue weighted by atomic mass is 79.9. The molecule has 0 saturated carbocycles. The van der Waals surface area contributed by atoms with Gasteiger partial charge in [0, 0.05) is 15.7 Å². The van der Waals surface area contributed by atoms with Crippen LogP contribution in [0.15, 0.2) is 76.8 Å². The van der Waals surface area contributed by atoms with Crippen LogP contribution >= 0.6 is 15.9 Å². The van der Waals surface area contributed by atoms with E-state index in [9.17, 15) is 24.6 Å². The number of ketones is 1. The molecule has 7 nitrogen and oxygen atoms in total. The molecule has 1 saturated heterocycles. The summed E-state index contributed by atoms with van der Waals surface area (Å²) in [4.78, 5) is 40.3. The first-order valence-electron chi connectivity index (χ1n) is 11.4. The largest absolute Gasteiger partial charge is 0.508 e. The second-order valence-electron chi connectivity index (χ2n) is 8.41. The number of amides is 1. The van der Waals surface area contributed by atoms with Gasteiger partial charge in [-0.1, -0.05) is 47.1 Å². The van der Waals surface area contributed by atoms with Gasteiger partial charge in [0.2, 0.25) is 0 Å². The van der Waals surface area contributed by atoms with Crippen LogP contribution in [0.25, 0.3) is 5.76 Å². The monoisotopic (exact) mass is 549 g/mol. The Kier molecular flexibility index (Phi) is 7.26. The predicted molar refractivity (Wildman–Crippen MR) is 139 cm³/mol. The maximum absolute atomic E-state index is 13.3. The van der Waals surface area contributed by atoms with Crippen LogP contribution in [-0.2, 0) is 14.3 Å². The van der Waals surface area contributed by atoms with Gasteiger partial charge in [0.05, 0.1) is 23.8 Å². The number of esters is 1. The van der Waals surface area contributed by atoms with E-state index in [0.29, 0.717) is 23.2 Å². The summed E-state index contributed by atoms with van der Waals surface area (Å²) in [6.07, 6.45) is 0.663. The molecular weight excluding hydrogens is 526 g/mol. The fraction of sp³-hybridized carbons (Fsp3) is 0.179. The molecule has 8 heteroatoms. The van der Waals surface area contributed by atoms with Gasteiger partial charge in [-0.05, 0) is 66.9 Å². The molecule has 1 atom stereocenters. The number of ether oxygens (including phenoxy) is 1. The molecule has 1 unspecified atom stereocenters. The highest BCUT2D eigenvalue weighted by Gasteiger charge is 2.47. The molecule has 0 aliphatic carbocycles. The topological polar surface area (TPSA) is 104 Å². The minimum atomic E-state index is -0.989. The fourth-order valence-electron chi connectivity index (χ4n) is 4.08. The number of aliphatic hydroxyl groups excluding tert-OH is 1. The zero-order valence-corrected chi connectivity index (χ0v) is 21.3. The smallest absolute Gasteiger partial charge is 0.338 e. The first-order chi connectivity index (χ1) is 17.2. The summed E-state index contributed by atoms with van der Waals surface area (Å²) >= 11 is 3.42. The van der Waals surface area contributed by atoms with E-state index < -0.39 is 23.7 Å². The Balaban J connectivity index is 1.88. The molecule has 1 aliphatic rings. The average Bonchev–Trinajstić information content (AvgIpc) is 3.14. The van der Waals surface area contributed by atoms with E-state index >= 15 is 0 Å². The minimum Gasteiger partial charge on any atom is -0.508 e. The number of aromatic hydroxyl groups is 1. The maximum atomic E-state index is 13.3. The molecular formula is C28H24BrNO6. The van der Waals surface area contributed by atoms with Crippen LogP contribution in [0.2, 0.25) is 0 Å². The lowest BCUT2D eigenvalue weighted by Gasteiger charge is -2.26. The van der Waals surface area contributed by atoms with Gasteiger partial charge in [-0.25, -0.2) is 4.79 Å². The number of aryl methyl sites for hydroxylation is 1. The molecule has 1 fully saturated rings. The summed E-state index contributed by atoms with van der Waals surface area (Å²) in [6, 6.07) is 16.4. The SMILES string of the molecule is CCCOC(=O)c1cccc(N2C(=O)C(=O)/C(=C(/O)c3ccc(Br)c(C)c3)C2c2ccc(O)cc2)c1. The fourth-order valence-corrected chi connectivity index (χ4v) is 4.33. The van der Waals surface area contributed by atoms with Crippen LogP contribution < -0.4 is 4.90 Å². The van der Waals surface area contributed by atoms with Gasteiger partial charge in [-0.3, -0.25) is 14.5 Å². The molecule has 0 aromatic heterocycles. The number of anilines is 1. The Hall–Kier alpha value is -3.91. The van der Waals surface area contributed by atoms with Crippen LogP contribution in [0.1, 0.15) is 46.4 Å². The summed E-state index contributed by atoms with van der Waals surface area (Å²) in [5.74, 6) is -2.54. The summed E-state index contributed by atoms with van der Waals surface area (Å²) in [5, 5.41) is 21.1. The van der Waals surface area contributed by atoms with Crippen LogP contribution in [0, 0.1) is 6.92 Å². The average molecular weight is 550 g/mol. The van der Waals surface area contributed by atoms with Gasteiger partial charge in [0.15, 0.2) is 0 Å². The van der Waals surface area contributed by atoms with Gasteiger partial charge < -0.3 is 14.9 Å². The molecule has 0 radical (unpaired) electrons. The Morgan fingerprint density at radius 2 is 1.75 bits per heavy atom. The zero-order chi connectivity index (χ0) is 26.0. The number of nitrogens with zero attached hydrogens (tertiary/aromatic N) is 1. The highest BCUT2D eigenvalue weighted by molar-refractivity contribution is 9.10. The molecule has 3 aromatic rings. The number of Topliss-reactive ketones (excluding diaryl/α,β-unsaturated/α-hetero) is 1. The van der Waals surface area contributed by atoms with E-state index in [2.05, 4.69) is 15.9 Å².